The van der Waals surface area contributed by atoms with Gasteiger partial charge in [0.2, 0.25) is 0 Å². The molecule has 0 aliphatic carbocycles. The summed E-state index contributed by atoms with van der Waals surface area (Å²) in [4.78, 5) is 12.1. The summed E-state index contributed by atoms with van der Waals surface area (Å²) in [5.41, 5.74) is 1.62. The lowest BCUT2D eigenvalue weighted by molar-refractivity contribution is -0.136. The minimum Gasteiger partial charge on any atom is -0.388 e. The Balaban J connectivity index is 2.51. The number of Topliss-reactive ketones (excluding diaryl/α,β-unsaturated/α-hetero) is 1. The smallest absolute Gasteiger partial charge is 0.166 e. The van der Waals surface area contributed by atoms with Gasteiger partial charge in [-0.3, -0.25) is 4.79 Å². The monoisotopic (exact) mass is 262 g/mol. The number of ether oxygens (including phenoxy) is 1. The van der Waals surface area contributed by atoms with E-state index in [0.29, 0.717) is 12.2 Å². The van der Waals surface area contributed by atoms with Crippen LogP contribution in [0.15, 0.2) is 42.5 Å². The van der Waals surface area contributed by atoms with Crippen LogP contribution in [0.3, 0.4) is 0 Å². The average Bonchev–Trinajstić information content (AvgIpc) is 2.43. The Hall–Kier alpha value is -1.45. The minimum atomic E-state index is -0.810. The normalized spacial score (nSPS) is 15.6. The molecule has 3 nitrogen and oxygen atoms in total. The lowest BCUT2D eigenvalue weighted by Crippen LogP contribution is -2.34. The summed E-state index contributed by atoms with van der Waals surface area (Å²) in [5, 5.41) is 9.82. The molecule has 0 heterocycles. The molecule has 0 aliphatic rings. The van der Waals surface area contributed by atoms with Crippen molar-refractivity contribution in [1.29, 1.82) is 0 Å². The van der Waals surface area contributed by atoms with Gasteiger partial charge in [-0.1, -0.05) is 49.4 Å². The fraction of sp³-hybridized carbons (Fsp3) is 0.438. The summed E-state index contributed by atoms with van der Waals surface area (Å²) in [6, 6.07) is 9.69. The first-order valence-electron chi connectivity index (χ1n) is 6.46. The highest BCUT2D eigenvalue weighted by atomic mass is 16.5. The molecule has 0 saturated heterocycles. The van der Waals surface area contributed by atoms with Crippen molar-refractivity contribution in [2.75, 3.05) is 0 Å². The van der Waals surface area contributed by atoms with Crippen LogP contribution in [0.5, 0.6) is 0 Å². The SMILES string of the molecule is C=C(C)[C@H](O)[C@H](C)C(=O)[C@H](C)OCc1ccccc1. The molecule has 1 rings (SSSR count). The number of ketones is 1. The summed E-state index contributed by atoms with van der Waals surface area (Å²) in [6.45, 7) is 9.19. The molecule has 0 spiro atoms. The molecule has 0 radical (unpaired) electrons. The summed E-state index contributed by atoms with van der Waals surface area (Å²) < 4.78 is 5.55. The number of carbonyl (C=O) groups is 1. The van der Waals surface area contributed by atoms with Crippen LogP contribution in [-0.2, 0) is 16.1 Å². The van der Waals surface area contributed by atoms with E-state index in [9.17, 15) is 9.90 Å². The number of aliphatic hydroxyl groups is 1. The highest BCUT2D eigenvalue weighted by Crippen LogP contribution is 2.15. The molecule has 3 heteroatoms. The van der Waals surface area contributed by atoms with Crippen molar-refractivity contribution >= 4 is 5.78 Å². The standard InChI is InChI=1S/C16H22O3/c1-11(2)15(17)12(3)16(18)13(4)19-10-14-8-6-5-7-9-14/h5-9,12-13,15,17H,1,10H2,2-4H3/t12-,13-,15-/m0/s1. The van der Waals surface area contributed by atoms with E-state index in [4.69, 9.17) is 4.74 Å². The molecule has 0 amide bonds. The summed E-state index contributed by atoms with van der Waals surface area (Å²) in [6.07, 6.45) is -1.35. The largest absolute Gasteiger partial charge is 0.388 e. The first-order valence-corrected chi connectivity index (χ1v) is 6.46. The zero-order chi connectivity index (χ0) is 14.4. The predicted molar refractivity (Wildman–Crippen MR) is 75.7 cm³/mol. The third-order valence-electron chi connectivity index (χ3n) is 3.17. The van der Waals surface area contributed by atoms with Crippen LogP contribution in [0.4, 0.5) is 0 Å². The molecule has 3 atom stereocenters. The van der Waals surface area contributed by atoms with E-state index in [0.717, 1.165) is 5.56 Å². The average molecular weight is 262 g/mol. The van der Waals surface area contributed by atoms with Gasteiger partial charge in [0.15, 0.2) is 5.78 Å². The first kappa shape index (κ1) is 15.6. The zero-order valence-electron chi connectivity index (χ0n) is 11.8. The van der Waals surface area contributed by atoms with Crippen molar-refractivity contribution in [3.63, 3.8) is 0 Å². The van der Waals surface area contributed by atoms with Crippen molar-refractivity contribution in [3.8, 4) is 0 Å². The molecule has 0 fully saturated rings. The van der Waals surface area contributed by atoms with Crippen LogP contribution < -0.4 is 0 Å². The van der Waals surface area contributed by atoms with Crippen molar-refractivity contribution < 1.29 is 14.6 Å². The molecular weight excluding hydrogens is 240 g/mol. The van der Waals surface area contributed by atoms with Gasteiger partial charge in [-0.25, -0.2) is 0 Å². The van der Waals surface area contributed by atoms with Gasteiger partial charge in [0.1, 0.15) is 6.10 Å². The third-order valence-corrected chi connectivity index (χ3v) is 3.17. The molecule has 0 bridgehead atoms. The molecule has 1 aromatic rings. The molecule has 1 N–H and O–H groups in total. The number of hydrogen-bond donors (Lipinski definition) is 1. The predicted octanol–water partition coefficient (Wildman–Crippen LogP) is 2.73. The fourth-order valence-corrected chi connectivity index (χ4v) is 1.83. The Morgan fingerprint density at radius 2 is 1.89 bits per heavy atom. The quantitative estimate of drug-likeness (QED) is 0.769. The Morgan fingerprint density at radius 1 is 1.32 bits per heavy atom. The molecule has 1 aromatic carbocycles. The Labute approximate surface area is 114 Å². The van der Waals surface area contributed by atoms with Crippen LogP contribution in [0.1, 0.15) is 26.3 Å². The highest BCUT2D eigenvalue weighted by Gasteiger charge is 2.27. The first-order chi connectivity index (χ1) is 8.93. The molecule has 0 unspecified atom stereocenters. The molecule has 19 heavy (non-hydrogen) atoms. The van der Waals surface area contributed by atoms with Crippen LogP contribution in [0, 0.1) is 5.92 Å². The van der Waals surface area contributed by atoms with Gasteiger partial charge >= 0.3 is 0 Å². The lowest BCUT2D eigenvalue weighted by atomic mass is 9.93. The number of rotatable bonds is 7. The minimum absolute atomic E-state index is 0.105. The number of aliphatic hydroxyl groups excluding tert-OH is 1. The van der Waals surface area contributed by atoms with Crippen molar-refractivity contribution in [3.05, 3.63) is 48.0 Å². The second kappa shape index (κ2) is 7.22. The summed E-state index contributed by atoms with van der Waals surface area (Å²) in [5.74, 6) is -0.602. The molecular formula is C16H22O3. The van der Waals surface area contributed by atoms with Crippen molar-refractivity contribution in [2.45, 2.75) is 39.6 Å². The lowest BCUT2D eigenvalue weighted by Gasteiger charge is -2.21. The second-order valence-corrected chi connectivity index (χ2v) is 4.92. The maximum atomic E-state index is 12.1. The van der Waals surface area contributed by atoms with Crippen LogP contribution in [0.2, 0.25) is 0 Å². The molecule has 0 saturated carbocycles. The van der Waals surface area contributed by atoms with Gasteiger partial charge in [0.25, 0.3) is 0 Å². The van der Waals surface area contributed by atoms with E-state index in [2.05, 4.69) is 6.58 Å². The van der Waals surface area contributed by atoms with Gasteiger partial charge < -0.3 is 9.84 Å². The summed E-state index contributed by atoms with van der Waals surface area (Å²) >= 11 is 0. The van der Waals surface area contributed by atoms with E-state index < -0.39 is 18.1 Å². The molecule has 0 aliphatic heterocycles. The van der Waals surface area contributed by atoms with Crippen LogP contribution in [0.25, 0.3) is 0 Å². The number of carbonyl (C=O) groups excluding carboxylic acids is 1. The summed E-state index contributed by atoms with van der Waals surface area (Å²) in [7, 11) is 0. The third kappa shape index (κ3) is 4.62. The van der Waals surface area contributed by atoms with Gasteiger partial charge in [-0.15, -0.1) is 0 Å². The second-order valence-electron chi connectivity index (χ2n) is 4.92. The molecule has 0 aromatic heterocycles. The Kier molecular flexibility index (Phi) is 5.93. The van der Waals surface area contributed by atoms with Gasteiger partial charge in [-0.05, 0) is 19.4 Å². The Morgan fingerprint density at radius 3 is 2.42 bits per heavy atom. The van der Waals surface area contributed by atoms with Gasteiger partial charge in [0, 0.05) is 5.92 Å². The van der Waals surface area contributed by atoms with Crippen molar-refractivity contribution in [1.82, 2.24) is 0 Å². The fourth-order valence-electron chi connectivity index (χ4n) is 1.83. The van der Waals surface area contributed by atoms with E-state index in [-0.39, 0.29) is 5.78 Å². The highest BCUT2D eigenvalue weighted by molar-refractivity contribution is 5.85. The van der Waals surface area contributed by atoms with Crippen LogP contribution in [-0.4, -0.2) is 23.1 Å². The van der Waals surface area contributed by atoms with E-state index in [1.54, 1.807) is 20.8 Å². The van der Waals surface area contributed by atoms with Gasteiger partial charge in [0.05, 0.1) is 12.7 Å². The molecule has 104 valence electrons. The van der Waals surface area contributed by atoms with E-state index in [1.165, 1.54) is 0 Å². The maximum absolute atomic E-state index is 12.1. The van der Waals surface area contributed by atoms with Crippen LogP contribution >= 0.6 is 0 Å². The van der Waals surface area contributed by atoms with Gasteiger partial charge in [-0.2, -0.15) is 0 Å². The topological polar surface area (TPSA) is 46.5 Å². The van der Waals surface area contributed by atoms with E-state index >= 15 is 0 Å². The number of benzene rings is 1. The maximum Gasteiger partial charge on any atom is 0.166 e. The van der Waals surface area contributed by atoms with E-state index in [1.807, 2.05) is 30.3 Å². The van der Waals surface area contributed by atoms with Crippen molar-refractivity contribution in [2.24, 2.45) is 5.92 Å². The number of hydrogen-bond acceptors (Lipinski definition) is 3. The Bertz CT molecular complexity index is 425. The zero-order valence-corrected chi connectivity index (χ0v) is 11.8.